The highest BCUT2D eigenvalue weighted by Gasteiger charge is 2.27. The van der Waals surface area contributed by atoms with Crippen molar-refractivity contribution in [1.82, 2.24) is 0 Å². The minimum absolute atomic E-state index is 0.0622. The monoisotopic (exact) mass is 289 g/mol. The van der Waals surface area contributed by atoms with Crippen LogP contribution in [0.1, 0.15) is 21.7 Å². The second-order valence-corrected chi connectivity index (χ2v) is 5.67. The van der Waals surface area contributed by atoms with Gasteiger partial charge in [0.25, 0.3) is 0 Å². The van der Waals surface area contributed by atoms with Gasteiger partial charge < -0.3 is 4.90 Å². The molecule has 1 aromatic heterocycles. The van der Waals surface area contributed by atoms with Crippen molar-refractivity contribution in [2.75, 3.05) is 11.4 Å². The molecule has 0 radical (unpaired) electrons. The van der Waals surface area contributed by atoms with Crippen LogP contribution in [0.25, 0.3) is 0 Å². The van der Waals surface area contributed by atoms with Crippen LogP contribution in [0.15, 0.2) is 35.7 Å². The van der Waals surface area contributed by atoms with E-state index in [-0.39, 0.29) is 18.1 Å². The van der Waals surface area contributed by atoms with Gasteiger partial charge in [-0.3, -0.25) is 9.59 Å². The maximum atomic E-state index is 13.2. The van der Waals surface area contributed by atoms with Gasteiger partial charge in [0.15, 0.2) is 5.78 Å². The quantitative estimate of drug-likeness (QED) is 0.852. The number of halogens is 1. The van der Waals surface area contributed by atoms with E-state index in [1.807, 2.05) is 17.5 Å². The summed E-state index contributed by atoms with van der Waals surface area (Å²) in [6, 6.07) is 7.80. The van der Waals surface area contributed by atoms with Gasteiger partial charge in [-0.1, -0.05) is 6.07 Å². The molecular formula is C15H12FNO2S. The van der Waals surface area contributed by atoms with E-state index in [0.717, 1.165) is 4.88 Å². The van der Waals surface area contributed by atoms with Crippen molar-refractivity contribution >= 4 is 28.7 Å². The number of hydrogen-bond donors (Lipinski definition) is 0. The smallest absolute Gasteiger partial charge is 0.232 e. The Labute approximate surface area is 119 Å². The first-order valence-corrected chi connectivity index (χ1v) is 7.18. The number of hydrogen-bond acceptors (Lipinski definition) is 3. The van der Waals surface area contributed by atoms with Gasteiger partial charge >= 0.3 is 0 Å². The van der Waals surface area contributed by atoms with E-state index in [1.165, 1.54) is 29.5 Å². The molecule has 2 aromatic rings. The predicted octanol–water partition coefficient (Wildman–Crippen LogP) is 3.05. The molecule has 0 saturated carbocycles. The Bertz CT molecular complexity index is 667. The third-order valence-electron chi connectivity index (χ3n) is 3.32. The van der Waals surface area contributed by atoms with Crippen LogP contribution >= 0.6 is 11.3 Å². The molecule has 0 atom stereocenters. The number of carbonyl (C=O) groups is 2. The van der Waals surface area contributed by atoms with E-state index >= 15 is 0 Å². The lowest BCUT2D eigenvalue weighted by atomic mass is 10.00. The molecule has 3 nitrogen and oxygen atoms in total. The number of Topliss-reactive ketones (excluding diaryl/α,β-unsaturated/α-hetero) is 1. The average molecular weight is 289 g/mol. The second kappa shape index (κ2) is 5.17. The van der Waals surface area contributed by atoms with Gasteiger partial charge in [-0.15, -0.1) is 11.3 Å². The number of ketones is 1. The van der Waals surface area contributed by atoms with Gasteiger partial charge in [-0.2, -0.15) is 0 Å². The predicted molar refractivity (Wildman–Crippen MR) is 75.7 cm³/mol. The van der Waals surface area contributed by atoms with Gasteiger partial charge in [-0.05, 0) is 29.6 Å². The zero-order valence-corrected chi connectivity index (χ0v) is 11.5. The van der Waals surface area contributed by atoms with Crippen molar-refractivity contribution in [3.05, 3.63) is 52.0 Å². The molecule has 1 aliphatic rings. The summed E-state index contributed by atoms with van der Waals surface area (Å²) in [5.74, 6) is -0.628. The number of thiophene rings is 1. The van der Waals surface area contributed by atoms with Crippen molar-refractivity contribution in [3.8, 4) is 0 Å². The molecule has 0 N–H and O–H groups in total. The molecule has 5 heteroatoms. The summed E-state index contributed by atoms with van der Waals surface area (Å²) in [4.78, 5) is 26.7. The number of nitrogens with zero attached hydrogens (tertiary/aromatic N) is 1. The third-order valence-corrected chi connectivity index (χ3v) is 4.20. The molecule has 0 saturated heterocycles. The van der Waals surface area contributed by atoms with E-state index in [2.05, 4.69) is 0 Å². The van der Waals surface area contributed by atoms with Crippen molar-refractivity contribution in [2.45, 2.75) is 12.8 Å². The van der Waals surface area contributed by atoms with E-state index < -0.39 is 5.82 Å². The molecule has 0 unspecified atom stereocenters. The molecule has 3 rings (SSSR count). The topological polar surface area (TPSA) is 37.4 Å². The SMILES string of the molecule is O=C1CCN(C(=O)Cc2cccs2)c2ccc(F)cc21. The number of benzene rings is 1. The van der Waals surface area contributed by atoms with Crippen molar-refractivity contribution in [3.63, 3.8) is 0 Å². The molecule has 1 aliphatic heterocycles. The fraction of sp³-hybridized carbons (Fsp3) is 0.200. The van der Waals surface area contributed by atoms with Crippen molar-refractivity contribution < 1.29 is 14.0 Å². The Balaban J connectivity index is 1.90. The molecule has 0 aliphatic carbocycles. The Morgan fingerprint density at radius 1 is 1.35 bits per heavy atom. The number of amides is 1. The van der Waals surface area contributed by atoms with Crippen LogP contribution in [0.5, 0.6) is 0 Å². The lowest BCUT2D eigenvalue weighted by Crippen LogP contribution is -2.38. The maximum Gasteiger partial charge on any atom is 0.232 e. The highest BCUT2D eigenvalue weighted by molar-refractivity contribution is 7.10. The molecule has 0 fully saturated rings. The van der Waals surface area contributed by atoms with Crippen molar-refractivity contribution in [1.29, 1.82) is 0 Å². The standard InChI is InChI=1S/C15H12FNO2S/c16-10-3-4-13-12(8-10)14(18)5-6-17(13)15(19)9-11-2-1-7-20-11/h1-4,7-8H,5-6,9H2. The van der Waals surface area contributed by atoms with Crippen LogP contribution in [0, 0.1) is 5.82 Å². The zero-order chi connectivity index (χ0) is 14.1. The highest BCUT2D eigenvalue weighted by Crippen LogP contribution is 2.28. The zero-order valence-electron chi connectivity index (χ0n) is 10.6. The summed E-state index contributed by atoms with van der Waals surface area (Å²) >= 11 is 1.53. The lowest BCUT2D eigenvalue weighted by molar-refractivity contribution is -0.117. The summed E-state index contributed by atoms with van der Waals surface area (Å²) in [6.07, 6.45) is 0.551. The minimum atomic E-state index is -0.454. The molecule has 1 aromatic carbocycles. The maximum absolute atomic E-state index is 13.2. The van der Waals surface area contributed by atoms with Gasteiger partial charge in [0.05, 0.1) is 12.1 Å². The van der Waals surface area contributed by atoms with Crippen LogP contribution in [-0.2, 0) is 11.2 Å². The lowest BCUT2D eigenvalue weighted by Gasteiger charge is -2.28. The van der Waals surface area contributed by atoms with Crippen molar-refractivity contribution in [2.24, 2.45) is 0 Å². The van der Waals surface area contributed by atoms with E-state index in [4.69, 9.17) is 0 Å². The average Bonchev–Trinajstić information content (AvgIpc) is 2.92. The first-order chi connectivity index (χ1) is 9.65. The fourth-order valence-electron chi connectivity index (χ4n) is 2.35. The second-order valence-electron chi connectivity index (χ2n) is 4.64. The van der Waals surface area contributed by atoms with Gasteiger partial charge in [0.2, 0.25) is 5.91 Å². The Kier molecular flexibility index (Phi) is 3.36. The minimum Gasteiger partial charge on any atom is -0.311 e. The van der Waals surface area contributed by atoms with Gasteiger partial charge in [0.1, 0.15) is 5.82 Å². The number of carbonyl (C=O) groups excluding carboxylic acids is 2. The van der Waals surface area contributed by atoms with Crippen LogP contribution in [0.2, 0.25) is 0 Å². The Hall–Kier alpha value is -2.01. The van der Waals surface area contributed by atoms with Crippen LogP contribution in [0.4, 0.5) is 10.1 Å². The summed E-state index contributed by atoms with van der Waals surface area (Å²) in [6.45, 7) is 0.363. The molecule has 20 heavy (non-hydrogen) atoms. The number of rotatable bonds is 2. The largest absolute Gasteiger partial charge is 0.311 e. The summed E-state index contributed by atoms with van der Waals surface area (Å²) < 4.78 is 13.2. The summed E-state index contributed by atoms with van der Waals surface area (Å²) in [7, 11) is 0. The van der Waals surface area contributed by atoms with Crippen LogP contribution in [0.3, 0.4) is 0 Å². The third kappa shape index (κ3) is 2.36. The molecular weight excluding hydrogens is 277 g/mol. The number of fused-ring (bicyclic) bond motifs is 1. The van der Waals surface area contributed by atoms with Crippen LogP contribution < -0.4 is 4.90 Å². The van der Waals surface area contributed by atoms with Gasteiger partial charge in [0, 0.05) is 23.4 Å². The normalized spacial score (nSPS) is 14.2. The highest BCUT2D eigenvalue weighted by atomic mass is 32.1. The first-order valence-electron chi connectivity index (χ1n) is 6.30. The summed E-state index contributed by atoms with van der Waals surface area (Å²) in [5, 5.41) is 1.92. The number of anilines is 1. The first kappa shape index (κ1) is 13.0. The van der Waals surface area contributed by atoms with Gasteiger partial charge in [-0.25, -0.2) is 4.39 Å². The van der Waals surface area contributed by atoms with E-state index in [0.29, 0.717) is 24.2 Å². The molecule has 2 heterocycles. The van der Waals surface area contributed by atoms with E-state index in [9.17, 15) is 14.0 Å². The van der Waals surface area contributed by atoms with Crippen LogP contribution in [-0.4, -0.2) is 18.2 Å². The Morgan fingerprint density at radius 3 is 2.95 bits per heavy atom. The Morgan fingerprint density at radius 2 is 2.20 bits per heavy atom. The summed E-state index contributed by atoms with van der Waals surface area (Å²) in [5.41, 5.74) is 0.819. The molecule has 1 amide bonds. The van der Waals surface area contributed by atoms with E-state index in [1.54, 1.807) is 4.90 Å². The molecule has 102 valence electrons. The molecule has 0 spiro atoms. The molecule has 0 bridgehead atoms. The fourth-order valence-corrected chi connectivity index (χ4v) is 3.05.